The lowest BCUT2D eigenvalue weighted by Crippen LogP contribution is -2.30. The van der Waals surface area contributed by atoms with Gasteiger partial charge in [-0.15, -0.1) is 0 Å². The maximum absolute atomic E-state index is 12.8. The zero-order valence-electron chi connectivity index (χ0n) is 51.7. The number of carbonyl (C=O) groups is 3. The molecule has 0 aliphatic heterocycles. The molecule has 0 N–H and O–H groups in total. The Bertz CT molecular complexity index is 1330. The fourth-order valence-corrected chi connectivity index (χ4v) is 10.3. The summed E-state index contributed by atoms with van der Waals surface area (Å²) in [5, 5.41) is 0. The average Bonchev–Trinajstić information content (AvgIpc) is 3.43. The molecule has 1 unspecified atom stereocenters. The second-order valence-electron chi connectivity index (χ2n) is 23.1. The Hall–Kier alpha value is -2.63. The van der Waals surface area contributed by atoms with Gasteiger partial charge in [0.15, 0.2) is 6.10 Å². The minimum absolute atomic E-state index is 0.0661. The average molecular weight is 1080 g/mol. The van der Waals surface area contributed by atoms with E-state index in [1.54, 1.807) is 0 Å². The fraction of sp³-hybridized carbons (Fsp3) is 0.845. The first kappa shape index (κ1) is 74.4. The second-order valence-corrected chi connectivity index (χ2v) is 23.1. The first-order valence-corrected chi connectivity index (χ1v) is 34.1. The van der Waals surface area contributed by atoms with Gasteiger partial charge in [-0.25, -0.2) is 0 Å². The predicted octanol–water partition coefficient (Wildman–Crippen LogP) is 23.3. The standard InChI is InChI=1S/C71H130O6/c1-4-7-10-13-15-17-19-21-23-25-27-28-29-30-31-32-33-34-35-36-37-38-39-40-41-42-44-45-47-49-51-53-55-58-61-64-70(73)76-67-68(66-75-69(72)63-60-57-12-9-6-3)77-71(74)65-62-59-56-54-52-50-48-46-43-26-24-22-20-18-16-14-11-8-5-2/h7,10,15,17,21,23,27-28,68H,4-6,8-9,11-14,16,18-20,22,24-26,29-67H2,1-3H3/b10-7-,17-15-,23-21-,28-27-. The highest BCUT2D eigenvalue weighted by atomic mass is 16.6. The molecule has 0 saturated carbocycles. The van der Waals surface area contributed by atoms with Crippen molar-refractivity contribution in [2.45, 2.75) is 374 Å². The molecule has 0 aliphatic rings. The molecule has 0 aliphatic carbocycles. The Balaban J connectivity index is 3.87. The van der Waals surface area contributed by atoms with Crippen LogP contribution in [0.5, 0.6) is 0 Å². The Labute approximate surface area is 479 Å². The second kappa shape index (κ2) is 65.9. The van der Waals surface area contributed by atoms with Crippen LogP contribution in [0.15, 0.2) is 48.6 Å². The predicted molar refractivity (Wildman–Crippen MR) is 335 cm³/mol. The number of carbonyl (C=O) groups excluding carboxylic acids is 3. The molecule has 0 aromatic rings. The molecule has 6 heteroatoms. The summed E-state index contributed by atoms with van der Waals surface area (Å²) in [4.78, 5) is 37.9. The van der Waals surface area contributed by atoms with Crippen LogP contribution in [0.25, 0.3) is 0 Å². The lowest BCUT2D eigenvalue weighted by molar-refractivity contribution is -0.167. The summed E-state index contributed by atoms with van der Waals surface area (Å²) >= 11 is 0. The van der Waals surface area contributed by atoms with E-state index in [0.717, 1.165) is 89.9 Å². The molecule has 0 rings (SSSR count). The third kappa shape index (κ3) is 64.1. The van der Waals surface area contributed by atoms with Gasteiger partial charge in [-0.05, 0) is 57.8 Å². The zero-order valence-corrected chi connectivity index (χ0v) is 51.7. The molecule has 0 bridgehead atoms. The zero-order chi connectivity index (χ0) is 55.7. The van der Waals surface area contributed by atoms with Crippen molar-refractivity contribution in [3.05, 3.63) is 48.6 Å². The van der Waals surface area contributed by atoms with Crippen LogP contribution in [0.1, 0.15) is 367 Å². The Morgan fingerprint density at radius 3 is 0.792 bits per heavy atom. The molecule has 0 aromatic heterocycles. The highest BCUT2D eigenvalue weighted by Gasteiger charge is 2.19. The smallest absolute Gasteiger partial charge is 0.306 e. The molecular weight excluding hydrogens is 949 g/mol. The van der Waals surface area contributed by atoms with E-state index in [-0.39, 0.29) is 31.1 Å². The number of unbranched alkanes of at least 4 members (excludes halogenated alkanes) is 44. The topological polar surface area (TPSA) is 78.9 Å². The number of esters is 3. The van der Waals surface area contributed by atoms with E-state index in [2.05, 4.69) is 69.4 Å². The van der Waals surface area contributed by atoms with E-state index >= 15 is 0 Å². The molecule has 77 heavy (non-hydrogen) atoms. The van der Waals surface area contributed by atoms with Crippen LogP contribution in [-0.4, -0.2) is 37.2 Å². The molecule has 0 aromatic carbocycles. The number of allylic oxidation sites excluding steroid dienone is 8. The molecule has 450 valence electrons. The van der Waals surface area contributed by atoms with Crippen molar-refractivity contribution in [2.75, 3.05) is 13.2 Å². The van der Waals surface area contributed by atoms with Crippen LogP contribution in [-0.2, 0) is 28.6 Å². The molecule has 0 heterocycles. The van der Waals surface area contributed by atoms with E-state index in [1.165, 1.54) is 238 Å². The van der Waals surface area contributed by atoms with Gasteiger partial charge < -0.3 is 14.2 Å². The summed E-state index contributed by atoms with van der Waals surface area (Å²) in [5.41, 5.74) is 0. The largest absolute Gasteiger partial charge is 0.462 e. The normalized spacial score (nSPS) is 12.3. The van der Waals surface area contributed by atoms with Crippen LogP contribution in [0.2, 0.25) is 0 Å². The number of hydrogen-bond acceptors (Lipinski definition) is 6. The van der Waals surface area contributed by atoms with Crippen molar-refractivity contribution in [1.29, 1.82) is 0 Å². The third-order valence-electron chi connectivity index (χ3n) is 15.3. The molecule has 6 nitrogen and oxygen atoms in total. The molecule has 0 spiro atoms. The van der Waals surface area contributed by atoms with Gasteiger partial charge in [-0.2, -0.15) is 0 Å². The van der Waals surface area contributed by atoms with E-state index < -0.39 is 6.10 Å². The van der Waals surface area contributed by atoms with Crippen molar-refractivity contribution in [3.63, 3.8) is 0 Å². The lowest BCUT2D eigenvalue weighted by atomic mass is 10.0. The van der Waals surface area contributed by atoms with Crippen LogP contribution in [0, 0.1) is 0 Å². The molecule has 0 amide bonds. The van der Waals surface area contributed by atoms with Gasteiger partial charge in [0.25, 0.3) is 0 Å². The highest BCUT2D eigenvalue weighted by Crippen LogP contribution is 2.18. The van der Waals surface area contributed by atoms with E-state index in [9.17, 15) is 14.4 Å². The first-order valence-electron chi connectivity index (χ1n) is 34.1. The maximum atomic E-state index is 12.8. The van der Waals surface area contributed by atoms with Gasteiger partial charge >= 0.3 is 17.9 Å². The molecule has 0 fully saturated rings. The maximum Gasteiger partial charge on any atom is 0.306 e. The van der Waals surface area contributed by atoms with Crippen LogP contribution >= 0.6 is 0 Å². The monoisotopic (exact) mass is 1080 g/mol. The minimum Gasteiger partial charge on any atom is -0.462 e. The van der Waals surface area contributed by atoms with Crippen LogP contribution in [0.3, 0.4) is 0 Å². The molecule has 1 atom stereocenters. The quantitative estimate of drug-likeness (QED) is 0.0261. The van der Waals surface area contributed by atoms with Gasteiger partial charge in [0.05, 0.1) is 0 Å². The molecular formula is C71H130O6. The highest BCUT2D eigenvalue weighted by molar-refractivity contribution is 5.71. The molecule has 0 radical (unpaired) electrons. The van der Waals surface area contributed by atoms with Gasteiger partial charge in [-0.1, -0.05) is 339 Å². The third-order valence-corrected chi connectivity index (χ3v) is 15.3. The summed E-state index contributed by atoms with van der Waals surface area (Å²) in [6.07, 6.45) is 83.4. The van der Waals surface area contributed by atoms with E-state index in [4.69, 9.17) is 14.2 Å². The Morgan fingerprint density at radius 2 is 0.506 bits per heavy atom. The van der Waals surface area contributed by atoms with Gasteiger partial charge in [0.1, 0.15) is 13.2 Å². The van der Waals surface area contributed by atoms with Crippen molar-refractivity contribution in [1.82, 2.24) is 0 Å². The van der Waals surface area contributed by atoms with Crippen molar-refractivity contribution in [3.8, 4) is 0 Å². The van der Waals surface area contributed by atoms with Crippen LogP contribution in [0.4, 0.5) is 0 Å². The first-order chi connectivity index (χ1) is 38.0. The summed E-state index contributed by atoms with van der Waals surface area (Å²) < 4.78 is 16.8. The molecule has 0 saturated heterocycles. The Kier molecular flexibility index (Phi) is 63.6. The van der Waals surface area contributed by atoms with Crippen molar-refractivity contribution in [2.24, 2.45) is 0 Å². The summed E-state index contributed by atoms with van der Waals surface area (Å²) in [6, 6.07) is 0. The number of ether oxygens (including phenoxy) is 3. The van der Waals surface area contributed by atoms with E-state index in [0.29, 0.717) is 19.3 Å². The van der Waals surface area contributed by atoms with E-state index in [1.807, 2.05) is 0 Å². The minimum atomic E-state index is -0.764. The van der Waals surface area contributed by atoms with Crippen molar-refractivity contribution < 1.29 is 28.6 Å². The summed E-state index contributed by atoms with van der Waals surface area (Å²) in [6.45, 7) is 6.51. The SMILES string of the molecule is CC/C=C\C/C=C\C/C=C\C/C=C\CCCCCCCCCCCCCCCCCCCCCCCCC(=O)OCC(COC(=O)CCCCCCC)OC(=O)CCCCCCCCCCCCCCCCCCCCC. The van der Waals surface area contributed by atoms with Gasteiger partial charge in [0, 0.05) is 19.3 Å². The Morgan fingerprint density at radius 1 is 0.273 bits per heavy atom. The van der Waals surface area contributed by atoms with Gasteiger partial charge in [-0.3, -0.25) is 14.4 Å². The number of hydrogen-bond donors (Lipinski definition) is 0. The summed E-state index contributed by atoms with van der Waals surface area (Å²) in [7, 11) is 0. The lowest BCUT2D eigenvalue weighted by Gasteiger charge is -2.18. The number of rotatable bonds is 63. The van der Waals surface area contributed by atoms with Crippen molar-refractivity contribution >= 4 is 17.9 Å². The summed E-state index contributed by atoms with van der Waals surface area (Å²) in [5.74, 6) is -0.855. The van der Waals surface area contributed by atoms with Gasteiger partial charge in [0.2, 0.25) is 0 Å². The van der Waals surface area contributed by atoms with Crippen LogP contribution < -0.4 is 0 Å². The fourth-order valence-electron chi connectivity index (χ4n) is 10.3.